The summed E-state index contributed by atoms with van der Waals surface area (Å²) in [5, 5.41) is 5.80. The van der Waals surface area contributed by atoms with E-state index >= 15 is 0 Å². The second-order valence-electron chi connectivity index (χ2n) is 6.28. The lowest BCUT2D eigenvalue weighted by atomic mass is 9.72. The Kier molecular flexibility index (Phi) is 4.70. The van der Waals surface area contributed by atoms with Gasteiger partial charge in [-0.15, -0.1) is 0 Å². The summed E-state index contributed by atoms with van der Waals surface area (Å²) in [5.74, 6) is -0.235. The van der Waals surface area contributed by atoms with Crippen LogP contribution in [0, 0.1) is 0 Å². The third-order valence-corrected chi connectivity index (χ3v) is 4.56. The number of alkyl halides is 3. The molecule has 0 heterocycles. The lowest BCUT2D eigenvalue weighted by Gasteiger charge is -2.43. The van der Waals surface area contributed by atoms with E-state index in [0.29, 0.717) is 0 Å². The van der Waals surface area contributed by atoms with E-state index < -0.39 is 11.7 Å². The number of rotatable bonds is 5. The molecule has 0 aliphatic heterocycles. The van der Waals surface area contributed by atoms with E-state index in [4.69, 9.17) is 0 Å². The largest absolute Gasteiger partial charge is 0.416 e. The summed E-state index contributed by atoms with van der Waals surface area (Å²) in [5.41, 5.74) is 0.243. The van der Waals surface area contributed by atoms with Crippen LogP contribution in [0.1, 0.15) is 30.4 Å². The number of halogens is 3. The van der Waals surface area contributed by atoms with Crippen molar-refractivity contribution in [1.82, 2.24) is 5.32 Å². The molecule has 1 amide bonds. The number of carbonyl (C=O) groups is 1. The van der Waals surface area contributed by atoms with Crippen LogP contribution in [0.25, 0.3) is 0 Å². The lowest BCUT2D eigenvalue weighted by Crippen LogP contribution is -2.52. The van der Waals surface area contributed by atoms with Crippen LogP contribution in [-0.4, -0.2) is 12.5 Å². The highest BCUT2D eigenvalue weighted by Crippen LogP contribution is 2.41. The minimum absolute atomic E-state index is 0.0735. The molecule has 3 rings (SSSR count). The number of hydrogen-bond donors (Lipinski definition) is 2. The Morgan fingerprint density at radius 3 is 2.36 bits per heavy atom. The highest BCUT2D eigenvalue weighted by atomic mass is 19.4. The van der Waals surface area contributed by atoms with Crippen molar-refractivity contribution in [3.63, 3.8) is 0 Å². The fourth-order valence-corrected chi connectivity index (χ4v) is 3.07. The standard InChI is InChI=1S/C19H19F3N2O/c20-19(21,22)15-8-4-9-16(12-15)23-13-17(25)24-18(10-5-11-18)14-6-2-1-3-7-14/h1-4,6-9,12,23H,5,10-11,13H2,(H,24,25). The third-order valence-electron chi connectivity index (χ3n) is 4.56. The van der Waals surface area contributed by atoms with Gasteiger partial charge >= 0.3 is 6.18 Å². The number of carbonyl (C=O) groups excluding carboxylic acids is 1. The third kappa shape index (κ3) is 3.95. The summed E-state index contributed by atoms with van der Waals surface area (Å²) in [6, 6.07) is 14.6. The van der Waals surface area contributed by atoms with Crippen molar-refractivity contribution in [2.45, 2.75) is 31.0 Å². The van der Waals surface area contributed by atoms with Gasteiger partial charge in [0.25, 0.3) is 0 Å². The van der Waals surface area contributed by atoms with E-state index in [1.165, 1.54) is 12.1 Å². The summed E-state index contributed by atoms with van der Waals surface area (Å²) in [6.07, 6.45) is -1.63. The summed E-state index contributed by atoms with van der Waals surface area (Å²) < 4.78 is 38.2. The molecule has 0 unspecified atom stereocenters. The number of amides is 1. The predicted octanol–water partition coefficient (Wildman–Crippen LogP) is 4.31. The molecule has 2 aromatic rings. The van der Waals surface area contributed by atoms with E-state index in [1.807, 2.05) is 30.3 Å². The zero-order chi connectivity index (χ0) is 17.9. The normalized spacial score (nSPS) is 16.0. The van der Waals surface area contributed by atoms with E-state index in [1.54, 1.807) is 0 Å². The Hall–Kier alpha value is -2.50. The first-order chi connectivity index (χ1) is 11.9. The fraction of sp³-hybridized carbons (Fsp3) is 0.316. The second kappa shape index (κ2) is 6.78. The molecule has 1 aliphatic carbocycles. The van der Waals surface area contributed by atoms with Crippen LogP contribution in [0.3, 0.4) is 0 Å². The summed E-state index contributed by atoms with van der Waals surface area (Å²) >= 11 is 0. The van der Waals surface area contributed by atoms with Crippen molar-refractivity contribution in [3.05, 3.63) is 65.7 Å². The van der Waals surface area contributed by atoms with Crippen LogP contribution in [0.4, 0.5) is 18.9 Å². The second-order valence-corrected chi connectivity index (χ2v) is 6.28. The molecular weight excluding hydrogens is 329 g/mol. The van der Waals surface area contributed by atoms with Crippen LogP contribution in [0.5, 0.6) is 0 Å². The van der Waals surface area contributed by atoms with Gasteiger partial charge in [-0.1, -0.05) is 36.4 Å². The van der Waals surface area contributed by atoms with E-state index in [9.17, 15) is 18.0 Å². The maximum absolute atomic E-state index is 12.7. The molecule has 0 spiro atoms. The van der Waals surface area contributed by atoms with E-state index in [2.05, 4.69) is 10.6 Å². The molecule has 3 nitrogen and oxygen atoms in total. The molecule has 132 valence electrons. The molecule has 6 heteroatoms. The monoisotopic (exact) mass is 348 g/mol. The van der Waals surface area contributed by atoms with Crippen molar-refractivity contribution < 1.29 is 18.0 Å². The Balaban J connectivity index is 1.62. The molecule has 0 saturated heterocycles. The van der Waals surface area contributed by atoms with Gasteiger partial charge in [-0.25, -0.2) is 0 Å². The van der Waals surface area contributed by atoms with Gasteiger partial charge in [0.05, 0.1) is 17.6 Å². The molecule has 0 atom stereocenters. The zero-order valence-corrected chi connectivity index (χ0v) is 13.6. The minimum atomic E-state index is -4.40. The molecule has 0 aromatic heterocycles. The van der Waals surface area contributed by atoms with Crippen LogP contribution in [0.15, 0.2) is 54.6 Å². The average molecular weight is 348 g/mol. The maximum Gasteiger partial charge on any atom is 0.416 e. The summed E-state index contributed by atoms with van der Waals surface area (Å²) in [4.78, 5) is 12.3. The Morgan fingerprint density at radius 2 is 1.76 bits per heavy atom. The SMILES string of the molecule is O=C(CNc1cccc(C(F)(F)F)c1)NC1(c2ccccc2)CCC1. The quantitative estimate of drug-likeness (QED) is 0.845. The summed E-state index contributed by atoms with van der Waals surface area (Å²) in [7, 11) is 0. The van der Waals surface area contributed by atoms with Crippen molar-refractivity contribution in [2.75, 3.05) is 11.9 Å². The number of benzene rings is 2. The van der Waals surface area contributed by atoms with Gasteiger partial charge in [0.1, 0.15) is 0 Å². The van der Waals surface area contributed by atoms with E-state index in [-0.39, 0.29) is 23.7 Å². The number of anilines is 1. The molecule has 1 saturated carbocycles. The molecule has 0 bridgehead atoms. The smallest absolute Gasteiger partial charge is 0.376 e. The highest BCUT2D eigenvalue weighted by Gasteiger charge is 2.39. The van der Waals surface area contributed by atoms with Gasteiger partial charge in [-0.05, 0) is 43.0 Å². The topological polar surface area (TPSA) is 41.1 Å². The first kappa shape index (κ1) is 17.3. The Labute approximate surface area is 144 Å². The predicted molar refractivity (Wildman–Crippen MR) is 90.0 cm³/mol. The lowest BCUT2D eigenvalue weighted by molar-refractivity contribution is -0.137. The van der Waals surface area contributed by atoms with E-state index in [0.717, 1.165) is 37.0 Å². The molecule has 0 radical (unpaired) electrons. The fourth-order valence-electron chi connectivity index (χ4n) is 3.07. The maximum atomic E-state index is 12.7. The molecule has 2 N–H and O–H groups in total. The van der Waals surface area contributed by atoms with Crippen LogP contribution < -0.4 is 10.6 Å². The summed E-state index contributed by atoms with van der Waals surface area (Å²) in [6.45, 7) is -0.0735. The van der Waals surface area contributed by atoms with Crippen molar-refractivity contribution in [3.8, 4) is 0 Å². The first-order valence-electron chi connectivity index (χ1n) is 8.17. The molecular formula is C19H19F3N2O. The first-order valence-corrected chi connectivity index (χ1v) is 8.17. The van der Waals surface area contributed by atoms with Gasteiger partial charge in [-0.2, -0.15) is 13.2 Å². The van der Waals surface area contributed by atoms with Crippen molar-refractivity contribution in [1.29, 1.82) is 0 Å². The Bertz CT molecular complexity index is 740. The van der Waals surface area contributed by atoms with Gasteiger partial charge in [0.15, 0.2) is 0 Å². The zero-order valence-electron chi connectivity index (χ0n) is 13.6. The average Bonchev–Trinajstić information content (AvgIpc) is 2.56. The molecule has 1 aliphatic rings. The molecule has 2 aromatic carbocycles. The van der Waals surface area contributed by atoms with Crippen LogP contribution in [-0.2, 0) is 16.5 Å². The van der Waals surface area contributed by atoms with Crippen LogP contribution in [0.2, 0.25) is 0 Å². The number of hydrogen-bond acceptors (Lipinski definition) is 2. The van der Waals surface area contributed by atoms with Gasteiger partial charge in [0, 0.05) is 5.69 Å². The Morgan fingerprint density at radius 1 is 1.04 bits per heavy atom. The minimum Gasteiger partial charge on any atom is -0.376 e. The van der Waals surface area contributed by atoms with Crippen LogP contribution >= 0.6 is 0 Å². The van der Waals surface area contributed by atoms with Gasteiger partial charge in [0.2, 0.25) is 5.91 Å². The van der Waals surface area contributed by atoms with Gasteiger partial charge < -0.3 is 10.6 Å². The van der Waals surface area contributed by atoms with Crippen molar-refractivity contribution >= 4 is 11.6 Å². The number of nitrogens with one attached hydrogen (secondary N) is 2. The molecule has 25 heavy (non-hydrogen) atoms. The highest BCUT2D eigenvalue weighted by molar-refractivity contribution is 5.81. The molecule has 1 fully saturated rings. The van der Waals surface area contributed by atoms with Crippen molar-refractivity contribution in [2.24, 2.45) is 0 Å². The van der Waals surface area contributed by atoms with Gasteiger partial charge in [-0.3, -0.25) is 4.79 Å².